The summed E-state index contributed by atoms with van der Waals surface area (Å²) in [6, 6.07) is -1.36. The van der Waals surface area contributed by atoms with Gasteiger partial charge in [-0.15, -0.1) is 0 Å². The number of hydrogen-bond acceptors (Lipinski definition) is 4. The third-order valence-electron chi connectivity index (χ3n) is 2.64. The van der Waals surface area contributed by atoms with Gasteiger partial charge in [0.1, 0.15) is 5.15 Å². The third-order valence-corrected chi connectivity index (χ3v) is 3.09. The van der Waals surface area contributed by atoms with Crippen LogP contribution in [0.1, 0.15) is 18.2 Å². The molecule has 8 heteroatoms. The van der Waals surface area contributed by atoms with Gasteiger partial charge in [0.05, 0.1) is 11.8 Å². The van der Waals surface area contributed by atoms with E-state index in [2.05, 4.69) is 10.4 Å². The quantitative estimate of drug-likeness (QED) is 0.681. The normalized spacial score (nSPS) is 14.2. The van der Waals surface area contributed by atoms with Crippen LogP contribution >= 0.6 is 11.6 Å². The van der Waals surface area contributed by atoms with Crippen LogP contribution in [0.2, 0.25) is 5.15 Å². The Morgan fingerprint density at radius 1 is 1.50 bits per heavy atom. The number of aliphatic hydroxyl groups excluding tert-OH is 1. The molecule has 1 heterocycles. The van der Waals surface area contributed by atoms with Crippen LogP contribution in [0.3, 0.4) is 0 Å². The first-order chi connectivity index (χ1) is 9.23. The summed E-state index contributed by atoms with van der Waals surface area (Å²) in [6.45, 7) is 3.02. The number of carboxylic acids is 1. The second kappa shape index (κ2) is 6.53. The monoisotopic (exact) mass is 301 g/mol. The Bertz CT molecular complexity index is 551. The van der Waals surface area contributed by atoms with E-state index in [9.17, 15) is 14.7 Å². The predicted molar refractivity (Wildman–Crippen MR) is 73.2 cm³/mol. The molecule has 2 unspecified atom stereocenters. The highest BCUT2D eigenvalue weighted by Crippen LogP contribution is 2.19. The number of amides is 1. The summed E-state index contributed by atoms with van der Waals surface area (Å²) in [5, 5.41) is 24.7. The zero-order valence-electron chi connectivity index (χ0n) is 11.3. The summed E-state index contributed by atoms with van der Waals surface area (Å²) in [5.74, 6) is -1.95. The van der Waals surface area contributed by atoms with Gasteiger partial charge in [-0.1, -0.05) is 11.6 Å². The Labute approximate surface area is 120 Å². The molecule has 0 saturated carbocycles. The predicted octanol–water partition coefficient (Wildman–Crippen LogP) is 0.345. The minimum Gasteiger partial charge on any atom is -0.480 e. The number of aliphatic hydroxyl groups is 1. The first-order valence-electron chi connectivity index (χ1n) is 5.82. The maximum absolute atomic E-state index is 11.6. The molecular formula is C12H16ClN3O4. The number of aliphatic carboxylic acids is 1. The number of hydrogen-bond donors (Lipinski definition) is 3. The van der Waals surface area contributed by atoms with E-state index in [1.807, 2.05) is 0 Å². The van der Waals surface area contributed by atoms with E-state index >= 15 is 0 Å². The Kier molecular flexibility index (Phi) is 5.29. The fraction of sp³-hybridized carbons (Fsp3) is 0.417. The van der Waals surface area contributed by atoms with E-state index in [4.69, 9.17) is 16.7 Å². The standard InChI is InChI=1S/C12H16ClN3O4/c1-6-8(11(13)16(3)15-6)4-5-9(18)14-10(7(2)17)12(19)20/h4-5,7,10,17H,1-3H3,(H,14,18)(H,19,20)/b5-4+. The number of nitrogens with zero attached hydrogens (tertiary/aromatic N) is 2. The van der Waals surface area contributed by atoms with Crippen LogP contribution in [0.5, 0.6) is 0 Å². The van der Waals surface area contributed by atoms with E-state index in [0.717, 1.165) is 6.08 Å². The smallest absolute Gasteiger partial charge is 0.328 e. The molecule has 0 aliphatic rings. The molecule has 1 amide bonds. The molecule has 0 aliphatic heterocycles. The fourth-order valence-electron chi connectivity index (χ4n) is 1.58. The summed E-state index contributed by atoms with van der Waals surface area (Å²) in [4.78, 5) is 22.5. The zero-order valence-corrected chi connectivity index (χ0v) is 12.0. The number of aryl methyl sites for hydroxylation is 2. The molecule has 20 heavy (non-hydrogen) atoms. The van der Waals surface area contributed by atoms with Gasteiger partial charge in [-0.25, -0.2) is 4.79 Å². The summed E-state index contributed by atoms with van der Waals surface area (Å²) < 4.78 is 1.46. The van der Waals surface area contributed by atoms with Gasteiger partial charge < -0.3 is 15.5 Å². The summed E-state index contributed by atoms with van der Waals surface area (Å²) in [6.07, 6.45) is 1.39. The molecule has 0 aromatic carbocycles. The molecule has 7 nitrogen and oxygen atoms in total. The van der Waals surface area contributed by atoms with Crippen molar-refractivity contribution in [2.45, 2.75) is 26.0 Å². The zero-order chi connectivity index (χ0) is 15.4. The van der Waals surface area contributed by atoms with E-state index in [1.165, 1.54) is 17.7 Å². The van der Waals surface area contributed by atoms with Gasteiger partial charge >= 0.3 is 5.97 Å². The van der Waals surface area contributed by atoms with Crippen molar-refractivity contribution < 1.29 is 19.8 Å². The van der Waals surface area contributed by atoms with Gasteiger partial charge in [0.2, 0.25) is 5.91 Å². The van der Waals surface area contributed by atoms with Crippen LogP contribution in [-0.4, -0.2) is 44.0 Å². The SMILES string of the molecule is Cc1nn(C)c(Cl)c1/C=C/C(=O)NC(C(=O)O)C(C)O. The molecular weight excluding hydrogens is 286 g/mol. The number of halogens is 1. The number of rotatable bonds is 5. The van der Waals surface area contributed by atoms with Gasteiger partial charge in [0.15, 0.2) is 6.04 Å². The van der Waals surface area contributed by atoms with E-state index in [-0.39, 0.29) is 0 Å². The topological polar surface area (TPSA) is 104 Å². The van der Waals surface area contributed by atoms with Crippen LogP contribution < -0.4 is 5.32 Å². The molecule has 0 radical (unpaired) electrons. The summed E-state index contributed by atoms with van der Waals surface area (Å²) >= 11 is 5.99. The number of carbonyl (C=O) groups is 2. The van der Waals surface area contributed by atoms with Gasteiger partial charge in [0, 0.05) is 18.7 Å². The average Bonchev–Trinajstić information content (AvgIpc) is 2.57. The Hall–Kier alpha value is -1.86. The highest BCUT2D eigenvalue weighted by Gasteiger charge is 2.24. The third kappa shape index (κ3) is 3.82. The molecule has 110 valence electrons. The maximum Gasteiger partial charge on any atom is 0.328 e. The van der Waals surface area contributed by atoms with Gasteiger partial charge in [-0.2, -0.15) is 5.10 Å². The lowest BCUT2D eigenvalue weighted by Gasteiger charge is -2.15. The van der Waals surface area contributed by atoms with Crippen LogP contribution in [-0.2, 0) is 16.6 Å². The van der Waals surface area contributed by atoms with Crippen molar-refractivity contribution >= 4 is 29.6 Å². The Morgan fingerprint density at radius 3 is 2.50 bits per heavy atom. The second-order valence-corrected chi connectivity index (χ2v) is 4.67. The van der Waals surface area contributed by atoms with Crippen molar-refractivity contribution in [1.29, 1.82) is 0 Å². The van der Waals surface area contributed by atoms with E-state index in [1.54, 1.807) is 14.0 Å². The Balaban J connectivity index is 2.80. The maximum atomic E-state index is 11.6. The molecule has 0 aliphatic carbocycles. The Morgan fingerprint density at radius 2 is 2.10 bits per heavy atom. The molecule has 3 N–H and O–H groups in total. The number of carbonyl (C=O) groups excluding carboxylic acids is 1. The van der Waals surface area contributed by atoms with Crippen molar-refractivity contribution in [2.24, 2.45) is 7.05 Å². The molecule has 0 spiro atoms. The van der Waals surface area contributed by atoms with Gasteiger partial charge in [-0.05, 0) is 19.9 Å². The molecule has 2 atom stereocenters. The molecule has 0 bridgehead atoms. The van der Waals surface area contributed by atoms with Crippen molar-refractivity contribution in [3.8, 4) is 0 Å². The molecule has 0 saturated heterocycles. The molecule has 1 aromatic heterocycles. The lowest BCUT2D eigenvalue weighted by Crippen LogP contribution is -2.47. The van der Waals surface area contributed by atoms with Crippen LogP contribution in [0, 0.1) is 6.92 Å². The molecule has 1 rings (SSSR count). The minimum atomic E-state index is -1.36. The van der Waals surface area contributed by atoms with Gasteiger partial charge in [-0.3, -0.25) is 9.48 Å². The van der Waals surface area contributed by atoms with Crippen LogP contribution in [0.25, 0.3) is 6.08 Å². The van der Waals surface area contributed by atoms with Gasteiger partial charge in [0.25, 0.3) is 0 Å². The van der Waals surface area contributed by atoms with E-state index < -0.39 is 24.0 Å². The highest BCUT2D eigenvalue weighted by atomic mass is 35.5. The van der Waals surface area contributed by atoms with Crippen LogP contribution in [0.4, 0.5) is 0 Å². The molecule has 0 fully saturated rings. The number of aromatic nitrogens is 2. The van der Waals surface area contributed by atoms with Crippen molar-refractivity contribution in [3.05, 3.63) is 22.5 Å². The summed E-state index contributed by atoms with van der Waals surface area (Å²) in [7, 11) is 1.67. The summed E-state index contributed by atoms with van der Waals surface area (Å²) in [5.41, 5.74) is 1.22. The van der Waals surface area contributed by atoms with Crippen molar-refractivity contribution in [1.82, 2.24) is 15.1 Å². The van der Waals surface area contributed by atoms with Crippen molar-refractivity contribution in [2.75, 3.05) is 0 Å². The first-order valence-corrected chi connectivity index (χ1v) is 6.20. The largest absolute Gasteiger partial charge is 0.480 e. The second-order valence-electron chi connectivity index (χ2n) is 4.31. The number of nitrogens with one attached hydrogen (secondary N) is 1. The lowest BCUT2D eigenvalue weighted by molar-refractivity contribution is -0.144. The fourth-order valence-corrected chi connectivity index (χ4v) is 1.82. The highest BCUT2D eigenvalue weighted by molar-refractivity contribution is 6.31. The van der Waals surface area contributed by atoms with Crippen molar-refractivity contribution in [3.63, 3.8) is 0 Å². The van der Waals surface area contributed by atoms with E-state index in [0.29, 0.717) is 16.4 Å². The number of carboxylic acid groups (broad SMARTS) is 1. The van der Waals surface area contributed by atoms with Crippen LogP contribution in [0.15, 0.2) is 6.08 Å². The lowest BCUT2D eigenvalue weighted by atomic mass is 10.2. The first kappa shape index (κ1) is 16.2. The molecule has 1 aromatic rings. The minimum absolute atomic E-state index is 0.372. The average molecular weight is 302 g/mol.